The summed E-state index contributed by atoms with van der Waals surface area (Å²) >= 11 is 1.95. The van der Waals surface area contributed by atoms with Gasteiger partial charge in [-0.1, -0.05) is 49.6 Å². The maximum atomic E-state index is 3.88. The van der Waals surface area contributed by atoms with Gasteiger partial charge >= 0.3 is 0 Å². The summed E-state index contributed by atoms with van der Waals surface area (Å²) in [5.41, 5.74) is 1.47. The highest BCUT2D eigenvalue weighted by molar-refractivity contribution is 7.99. The summed E-state index contributed by atoms with van der Waals surface area (Å²) in [6.45, 7) is 5.73. The van der Waals surface area contributed by atoms with Gasteiger partial charge in [-0.3, -0.25) is 0 Å². The fourth-order valence-corrected chi connectivity index (χ4v) is 3.34. The molecule has 1 nitrogen and oxygen atoms in total. The highest BCUT2D eigenvalue weighted by Gasteiger charge is 2.26. The topological polar surface area (TPSA) is 12.0 Å². The molecule has 112 valence electrons. The number of rotatable bonds is 6. The average molecular weight is 292 g/mol. The Morgan fingerprint density at radius 1 is 1.15 bits per heavy atom. The standard InChI is InChI=1S/C18H29NS/c1-18(2,20-3)14-19-17(15-10-6-4-7-11-15)16-12-8-5-9-13-16/h4,6-7,10-11,16-17,19H,5,8-9,12-14H2,1-3H3. The summed E-state index contributed by atoms with van der Waals surface area (Å²) in [6.07, 6.45) is 9.20. The Hall–Kier alpha value is -0.470. The minimum atomic E-state index is 0.307. The van der Waals surface area contributed by atoms with Gasteiger partial charge in [0.1, 0.15) is 0 Å². The minimum absolute atomic E-state index is 0.307. The van der Waals surface area contributed by atoms with E-state index < -0.39 is 0 Å². The molecule has 1 fully saturated rings. The zero-order chi connectivity index (χ0) is 14.4. The van der Waals surface area contributed by atoms with Gasteiger partial charge in [-0.15, -0.1) is 0 Å². The Morgan fingerprint density at radius 2 is 1.80 bits per heavy atom. The largest absolute Gasteiger partial charge is 0.308 e. The molecule has 1 aromatic carbocycles. The zero-order valence-electron chi connectivity index (χ0n) is 13.2. The van der Waals surface area contributed by atoms with Gasteiger partial charge in [0.25, 0.3) is 0 Å². The van der Waals surface area contributed by atoms with Gasteiger partial charge in [-0.2, -0.15) is 11.8 Å². The SMILES string of the molecule is CSC(C)(C)CNC(c1ccccc1)C1CCCCC1. The van der Waals surface area contributed by atoms with Crippen molar-refractivity contribution < 1.29 is 0 Å². The number of nitrogens with one attached hydrogen (secondary N) is 1. The van der Waals surface area contributed by atoms with Crippen molar-refractivity contribution in [3.8, 4) is 0 Å². The fourth-order valence-electron chi connectivity index (χ4n) is 3.11. The Kier molecular flexibility index (Phi) is 5.98. The van der Waals surface area contributed by atoms with Crippen molar-refractivity contribution in [3.63, 3.8) is 0 Å². The van der Waals surface area contributed by atoms with Crippen LogP contribution < -0.4 is 5.32 Å². The van der Waals surface area contributed by atoms with Crippen molar-refractivity contribution in [2.24, 2.45) is 5.92 Å². The molecule has 1 unspecified atom stereocenters. The second kappa shape index (κ2) is 7.51. The van der Waals surface area contributed by atoms with Crippen molar-refractivity contribution >= 4 is 11.8 Å². The Balaban J connectivity index is 2.07. The van der Waals surface area contributed by atoms with E-state index in [0.717, 1.165) is 12.5 Å². The summed E-state index contributed by atoms with van der Waals surface area (Å²) in [4.78, 5) is 0. The molecule has 2 rings (SSSR count). The van der Waals surface area contributed by atoms with Crippen LogP contribution in [-0.2, 0) is 0 Å². The van der Waals surface area contributed by atoms with Gasteiger partial charge in [-0.05, 0) is 44.4 Å². The number of hydrogen-bond acceptors (Lipinski definition) is 2. The van der Waals surface area contributed by atoms with E-state index in [-0.39, 0.29) is 0 Å². The molecular weight excluding hydrogens is 262 g/mol. The second-order valence-corrected chi connectivity index (χ2v) is 8.14. The molecule has 1 aliphatic rings. The third kappa shape index (κ3) is 4.53. The van der Waals surface area contributed by atoms with Crippen molar-refractivity contribution in [2.45, 2.75) is 56.7 Å². The van der Waals surface area contributed by atoms with E-state index in [0.29, 0.717) is 10.8 Å². The van der Waals surface area contributed by atoms with E-state index in [9.17, 15) is 0 Å². The lowest BCUT2D eigenvalue weighted by Crippen LogP contribution is -2.38. The van der Waals surface area contributed by atoms with Gasteiger partial charge < -0.3 is 5.32 Å². The Bertz CT molecular complexity index is 382. The first-order chi connectivity index (χ1) is 9.62. The smallest absolute Gasteiger partial charge is 0.0349 e. The molecular formula is C18H29NS. The molecule has 1 saturated carbocycles. The van der Waals surface area contributed by atoms with Gasteiger partial charge in [0.2, 0.25) is 0 Å². The maximum Gasteiger partial charge on any atom is 0.0349 e. The number of benzene rings is 1. The molecule has 0 aromatic heterocycles. The van der Waals surface area contributed by atoms with E-state index in [2.05, 4.69) is 55.8 Å². The van der Waals surface area contributed by atoms with Crippen LogP contribution >= 0.6 is 11.8 Å². The fraction of sp³-hybridized carbons (Fsp3) is 0.667. The third-order valence-electron chi connectivity index (χ3n) is 4.58. The third-order valence-corrected chi connectivity index (χ3v) is 5.83. The molecule has 0 amide bonds. The van der Waals surface area contributed by atoms with E-state index in [4.69, 9.17) is 0 Å². The zero-order valence-corrected chi connectivity index (χ0v) is 14.0. The van der Waals surface area contributed by atoms with Gasteiger partial charge in [0.15, 0.2) is 0 Å². The van der Waals surface area contributed by atoms with Crippen LogP contribution in [0.15, 0.2) is 30.3 Å². The van der Waals surface area contributed by atoms with Crippen LogP contribution in [0.5, 0.6) is 0 Å². The first-order valence-electron chi connectivity index (χ1n) is 7.96. The first-order valence-corrected chi connectivity index (χ1v) is 9.18. The minimum Gasteiger partial charge on any atom is -0.308 e. The molecule has 0 radical (unpaired) electrons. The molecule has 1 N–H and O–H groups in total. The van der Waals surface area contributed by atoms with Crippen LogP contribution in [0.1, 0.15) is 57.6 Å². The van der Waals surface area contributed by atoms with Gasteiger partial charge in [-0.25, -0.2) is 0 Å². The lowest BCUT2D eigenvalue weighted by molar-refractivity contribution is 0.268. The predicted molar refractivity (Wildman–Crippen MR) is 91.4 cm³/mol. The van der Waals surface area contributed by atoms with Gasteiger partial charge in [0.05, 0.1) is 0 Å². The lowest BCUT2D eigenvalue weighted by Gasteiger charge is -2.34. The van der Waals surface area contributed by atoms with Crippen LogP contribution in [-0.4, -0.2) is 17.5 Å². The molecule has 2 heteroatoms. The summed E-state index contributed by atoms with van der Waals surface area (Å²) in [5, 5.41) is 3.88. The molecule has 1 aliphatic carbocycles. The number of hydrogen-bond donors (Lipinski definition) is 1. The Labute approximate surface area is 128 Å². The monoisotopic (exact) mass is 291 g/mol. The molecule has 0 spiro atoms. The van der Waals surface area contributed by atoms with Crippen LogP contribution in [0.3, 0.4) is 0 Å². The van der Waals surface area contributed by atoms with E-state index in [1.807, 2.05) is 11.8 Å². The van der Waals surface area contributed by atoms with Crippen molar-refractivity contribution in [3.05, 3.63) is 35.9 Å². The van der Waals surface area contributed by atoms with Crippen LogP contribution in [0.2, 0.25) is 0 Å². The van der Waals surface area contributed by atoms with Crippen molar-refractivity contribution in [1.29, 1.82) is 0 Å². The molecule has 0 bridgehead atoms. The molecule has 1 atom stereocenters. The van der Waals surface area contributed by atoms with Crippen LogP contribution in [0, 0.1) is 5.92 Å². The van der Waals surface area contributed by atoms with Crippen molar-refractivity contribution in [1.82, 2.24) is 5.32 Å². The van der Waals surface area contributed by atoms with Crippen molar-refractivity contribution in [2.75, 3.05) is 12.8 Å². The summed E-state index contributed by atoms with van der Waals surface area (Å²) in [7, 11) is 0. The van der Waals surface area contributed by atoms with E-state index in [1.54, 1.807) is 0 Å². The average Bonchev–Trinajstić information content (AvgIpc) is 2.49. The predicted octanol–water partition coefficient (Wildman–Crippen LogP) is 5.04. The summed E-state index contributed by atoms with van der Waals surface area (Å²) in [5.74, 6) is 0.809. The molecule has 1 aromatic rings. The Morgan fingerprint density at radius 3 is 2.40 bits per heavy atom. The second-order valence-electron chi connectivity index (χ2n) is 6.63. The van der Waals surface area contributed by atoms with Crippen LogP contribution in [0.4, 0.5) is 0 Å². The quantitative estimate of drug-likeness (QED) is 0.788. The number of thioether (sulfide) groups is 1. The van der Waals surface area contributed by atoms with Gasteiger partial charge in [0, 0.05) is 17.3 Å². The normalized spacial score (nSPS) is 18.9. The molecule has 0 aliphatic heterocycles. The highest BCUT2D eigenvalue weighted by atomic mass is 32.2. The maximum absolute atomic E-state index is 3.88. The lowest BCUT2D eigenvalue weighted by atomic mass is 9.81. The summed E-state index contributed by atoms with van der Waals surface area (Å²) in [6, 6.07) is 11.6. The highest BCUT2D eigenvalue weighted by Crippen LogP contribution is 2.35. The molecule has 20 heavy (non-hydrogen) atoms. The first kappa shape index (κ1) is 15.9. The van der Waals surface area contributed by atoms with E-state index >= 15 is 0 Å². The molecule has 0 heterocycles. The van der Waals surface area contributed by atoms with E-state index in [1.165, 1.54) is 37.7 Å². The van der Waals surface area contributed by atoms with Crippen LogP contribution in [0.25, 0.3) is 0 Å². The summed E-state index contributed by atoms with van der Waals surface area (Å²) < 4.78 is 0.307. The molecule has 0 saturated heterocycles.